The van der Waals surface area contributed by atoms with E-state index in [4.69, 9.17) is 10.2 Å². The zero-order valence-electron chi connectivity index (χ0n) is 7.92. The van der Waals surface area contributed by atoms with Gasteiger partial charge in [-0.05, 0) is 0 Å². The van der Waals surface area contributed by atoms with Gasteiger partial charge < -0.3 is 15.1 Å². The molecule has 0 atom stereocenters. The molecule has 0 fully saturated rings. The van der Waals surface area contributed by atoms with Crippen LogP contribution in [-0.2, 0) is 13.1 Å². The van der Waals surface area contributed by atoms with Crippen LogP contribution in [0.15, 0.2) is 23.1 Å². The van der Waals surface area contributed by atoms with Crippen LogP contribution in [0.3, 0.4) is 0 Å². The number of nitrogens with zero attached hydrogens (tertiary/aromatic N) is 4. The Kier molecular flexibility index (Phi) is 1.61. The number of fused-ring (bicyclic) bond motifs is 1. The van der Waals surface area contributed by atoms with Gasteiger partial charge in [0.15, 0.2) is 0 Å². The summed E-state index contributed by atoms with van der Waals surface area (Å²) in [6.07, 6.45) is 4.87. The summed E-state index contributed by atoms with van der Waals surface area (Å²) < 4.78 is 5.24. The van der Waals surface area contributed by atoms with Crippen molar-refractivity contribution in [3.05, 3.63) is 30.0 Å². The van der Waals surface area contributed by atoms with Crippen LogP contribution in [0.2, 0.25) is 0 Å². The Bertz CT molecular complexity index is 470. The molecule has 6 nitrogen and oxygen atoms in total. The predicted octanol–water partition coefficient (Wildman–Crippen LogP) is 0.567. The average molecular weight is 203 g/mol. The summed E-state index contributed by atoms with van der Waals surface area (Å²) in [6.45, 7) is 1.41. The Hall–Kier alpha value is -2.11. The van der Waals surface area contributed by atoms with Gasteiger partial charge in [-0.1, -0.05) is 0 Å². The van der Waals surface area contributed by atoms with E-state index in [1.54, 1.807) is 6.33 Å². The first-order valence-corrected chi connectivity index (χ1v) is 4.57. The van der Waals surface area contributed by atoms with Crippen LogP contribution in [0.1, 0.15) is 11.3 Å². The fraction of sp³-hybridized carbons (Fsp3) is 0.222. The number of anilines is 2. The summed E-state index contributed by atoms with van der Waals surface area (Å²) in [5, 5.41) is 0. The maximum Gasteiger partial charge on any atom is 0.299 e. The third kappa shape index (κ3) is 1.30. The molecule has 2 aromatic rings. The van der Waals surface area contributed by atoms with Crippen molar-refractivity contribution in [1.82, 2.24) is 15.0 Å². The van der Waals surface area contributed by atoms with E-state index in [9.17, 15) is 0 Å². The molecule has 0 saturated heterocycles. The van der Waals surface area contributed by atoms with E-state index < -0.39 is 0 Å². The van der Waals surface area contributed by atoms with E-state index in [0.717, 1.165) is 17.8 Å². The second-order valence-electron chi connectivity index (χ2n) is 3.40. The van der Waals surface area contributed by atoms with Gasteiger partial charge in [-0.15, -0.1) is 0 Å². The maximum absolute atomic E-state index is 5.47. The predicted molar refractivity (Wildman–Crippen MR) is 52.8 cm³/mol. The number of rotatable bonds is 1. The highest BCUT2D eigenvalue weighted by molar-refractivity contribution is 5.40. The maximum atomic E-state index is 5.47. The van der Waals surface area contributed by atoms with E-state index in [1.807, 2.05) is 11.1 Å². The highest BCUT2D eigenvalue weighted by Crippen LogP contribution is 2.26. The first kappa shape index (κ1) is 8.22. The van der Waals surface area contributed by atoms with Crippen LogP contribution in [0.4, 0.5) is 11.9 Å². The van der Waals surface area contributed by atoms with Gasteiger partial charge >= 0.3 is 0 Å². The smallest absolute Gasteiger partial charge is 0.299 e. The van der Waals surface area contributed by atoms with Crippen molar-refractivity contribution < 1.29 is 4.42 Å². The van der Waals surface area contributed by atoms with Gasteiger partial charge in [0.1, 0.15) is 6.33 Å². The van der Waals surface area contributed by atoms with Crippen molar-refractivity contribution in [1.29, 1.82) is 0 Å². The van der Waals surface area contributed by atoms with Gasteiger partial charge in [0, 0.05) is 11.8 Å². The molecule has 0 aliphatic carbocycles. The van der Waals surface area contributed by atoms with Crippen LogP contribution in [0.5, 0.6) is 0 Å². The first-order chi connectivity index (χ1) is 7.33. The highest BCUT2D eigenvalue weighted by atomic mass is 16.4. The van der Waals surface area contributed by atoms with Crippen molar-refractivity contribution in [2.24, 2.45) is 0 Å². The van der Waals surface area contributed by atoms with E-state index in [0.29, 0.717) is 18.4 Å². The standard InChI is InChI=1S/C9H9N5O/c10-8-2-12-9(15-8)14-3-6-1-11-5-13-7(6)4-14/h1-2,5H,3-4,10H2. The third-order valence-electron chi connectivity index (χ3n) is 2.37. The molecule has 0 radical (unpaired) electrons. The minimum absolute atomic E-state index is 0.326. The van der Waals surface area contributed by atoms with Gasteiger partial charge in [-0.3, -0.25) is 0 Å². The molecule has 6 heteroatoms. The minimum atomic E-state index is 0.326. The SMILES string of the molecule is Nc1cnc(N2Cc3cncnc3C2)o1. The lowest BCUT2D eigenvalue weighted by Gasteiger charge is -2.10. The second kappa shape index (κ2) is 2.94. The Labute approximate surface area is 85.8 Å². The molecule has 0 unspecified atom stereocenters. The molecule has 1 aliphatic heterocycles. The molecule has 1 aliphatic rings. The average Bonchev–Trinajstić information content (AvgIpc) is 2.82. The highest BCUT2D eigenvalue weighted by Gasteiger charge is 2.23. The molecular formula is C9H9N5O. The van der Waals surface area contributed by atoms with Crippen molar-refractivity contribution in [2.75, 3.05) is 10.6 Å². The molecule has 0 spiro atoms. The molecule has 2 aromatic heterocycles. The quantitative estimate of drug-likeness (QED) is 0.729. The summed E-state index contributed by atoms with van der Waals surface area (Å²) in [5.74, 6) is 0.326. The lowest BCUT2D eigenvalue weighted by atomic mass is 10.3. The molecule has 0 aromatic carbocycles. The lowest BCUT2D eigenvalue weighted by molar-refractivity contribution is 0.553. The van der Waals surface area contributed by atoms with Crippen molar-refractivity contribution in [3.63, 3.8) is 0 Å². The number of nitrogen functional groups attached to an aromatic ring is 1. The normalized spacial score (nSPS) is 14.3. The number of oxazole rings is 1. The molecule has 0 saturated carbocycles. The summed E-state index contributed by atoms with van der Waals surface area (Å²) in [5.41, 5.74) is 7.59. The number of hydrogen-bond donors (Lipinski definition) is 1. The Morgan fingerprint density at radius 1 is 1.27 bits per heavy atom. The third-order valence-corrected chi connectivity index (χ3v) is 2.37. The van der Waals surface area contributed by atoms with Crippen LogP contribution < -0.4 is 10.6 Å². The van der Waals surface area contributed by atoms with E-state index >= 15 is 0 Å². The van der Waals surface area contributed by atoms with Crippen LogP contribution in [0.25, 0.3) is 0 Å². The summed E-state index contributed by atoms with van der Waals surface area (Å²) >= 11 is 0. The fourth-order valence-corrected chi connectivity index (χ4v) is 1.66. The second-order valence-corrected chi connectivity index (χ2v) is 3.40. The number of aromatic nitrogens is 3. The molecule has 3 rings (SSSR count). The first-order valence-electron chi connectivity index (χ1n) is 4.57. The van der Waals surface area contributed by atoms with Crippen LogP contribution >= 0.6 is 0 Å². The van der Waals surface area contributed by atoms with Crippen LogP contribution in [0, 0.1) is 0 Å². The minimum Gasteiger partial charge on any atom is -0.408 e. The molecule has 2 N–H and O–H groups in total. The van der Waals surface area contributed by atoms with Gasteiger partial charge in [0.2, 0.25) is 5.88 Å². The Morgan fingerprint density at radius 2 is 2.20 bits per heavy atom. The van der Waals surface area contributed by atoms with E-state index in [2.05, 4.69) is 15.0 Å². The zero-order valence-corrected chi connectivity index (χ0v) is 7.92. The van der Waals surface area contributed by atoms with E-state index in [1.165, 1.54) is 6.20 Å². The van der Waals surface area contributed by atoms with Gasteiger partial charge in [-0.25, -0.2) is 9.97 Å². The molecular weight excluding hydrogens is 194 g/mol. The zero-order chi connectivity index (χ0) is 10.3. The summed E-state index contributed by atoms with van der Waals surface area (Å²) in [6, 6.07) is 0.533. The molecule has 3 heterocycles. The lowest BCUT2D eigenvalue weighted by Crippen LogP contribution is -2.14. The van der Waals surface area contributed by atoms with Gasteiger partial charge in [0.25, 0.3) is 6.01 Å². The molecule has 15 heavy (non-hydrogen) atoms. The number of hydrogen-bond acceptors (Lipinski definition) is 6. The monoisotopic (exact) mass is 203 g/mol. The van der Waals surface area contributed by atoms with Crippen molar-refractivity contribution in [2.45, 2.75) is 13.1 Å². The summed E-state index contributed by atoms with van der Waals surface area (Å²) in [4.78, 5) is 14.2. The van der Waals surface area contributed by atoms with Crippen LogP contribution in [-0.4, -0.2) is 15.0 Å². The Morgan fingerprint density at radius 3 is 2.93 bits per heavy atom. The number of nitrogens with two attached hydrogens (primary N) is 1. The van der Waals surface area contributed by atoms with E-state index in [-0.39, 0.29) is 0 Å². The Balaban J connectivity index is 1.90. The van der Waals surface area contributed by atoms with Gasteiger partial charge in [0.05, 0.1) is 25.0 Å². The summed E-state index contributed by atoms with van der Waals surface area (Å²) in [7, 11) is 0. The van der Waals surface area contributed by atoms with Crippen molar-refractivity contribution in [3.8, 4) is 0 Å². The van der Waals surface area contributed by atoms with Crippen molar-refractivity contribution >= 4 is 11.9 Å². The topological polar surface area (TPSA) is 81.1 Å². The fourth-order valence-electron chi connectivity index (χ4n) is 1.66. The largest absolute Gasteiger partial charge is 0.408 e. The van der Waals surface area contributed by atoms with Gasteiger partial charge in [-0.2, -0.15) is 4.98 Å². The molecule has 76 valence electrons. The molecule has 0 bridgehead atoms. The molecule has 0 amide bonds.